The van der Waals surface area contributed by atoms with Gasteiger partial charge in [0.1, 0.15) is 11.6 Å². The third-order valence-corrected chi connectivity index (χ3v) is 3.87. The van der Waals surface area contributed by atoms with Crippen molar-refractivity contribution in [2.45, 2.75) is 38.3 Å². The van der Waals surface area contributed by atoms with Crippen LogP contribution in [0.3, 0.4) is 0 Å². The molecule has 1 aliphatic carbocycles. The van der Waals surface area contributed by atoms with Gasteiger partial charge in [0.2, 0.25) is 0 Å². The molecule has 2 atom stereocenters. The lowest BCUT2D eigenvalue weighted by Crippen LogP contribution is -2.08. The molecular formula is C15H17FN2O. The summed E-state index contributed by atoms with van der Waals surface area (Å²) in [6.45, 7) is 1.76. The number of imidazole rings is 1. The highest BCUT2D eigenvalue weighted by Crippen LogP contribution is 2.34. The first-order chi connectivity index (χ1) is 9.16. The number of aliphatic hydroxyl groups excluding tert-OH is 1. The fourth-order valence-corrected chi connectivity index (χ4v) is 2.82. The second kappa shape index (κ2) is 4.78. The largest absolute Gasteiger partial charge is 0.393 e. The Hall–Kier alpha value is -1.68. The Kier molecular flexibility index (Phi) is 3.11. The number of hydrogen-bond donors (Lipinski definition) is 1. The molecule has 1 fully saturated rings. The SMILES string of the molecule is Cc1cccc(-c2nccn2[C@@H]2CC[C@H](O)C2)c1F. The van der Waals surface area contributed by atoms with Crippen LogP contribution < -0.4 is 0 Å². The van der Waals surface area contributed by atoms with Crippen molar-refractivity contribution >= 4 is 0 Å². The van der Waals surface area contributed by atoms with Crippen LogP contribution in [-0.4, -0.2) is 20.8 Å². The molecule has 1 aromatic heterocycles. The molecule has 2 aromatic rings. The maximum Gasteiger partial charge on any atom is 0.143 e. The average Bonchev–Trinajstić information content (AvgIpc) is 3.01. The number of aliphatic hydroxyl groups is 1. The summed E-state index contributed by atoms with van der Waals surface area (Å²) in [4.78, 5) is 4.30. The van der Waals surface area contributed by atoms with Crippen molar-refractivity contribution in [3.8, 4) is 11.4 Å². The Morgan fingerprint density at radius 2 is 2.21 bits per heavy atom. The topological polar surface area (TPSA) is 38.0 Å². The van der Waals surface area contributed by atoms with Crippen molar-refractivity contribution < 1.29 is 9.50 Å². The monoisotopic (exact) mass is 260 g/mol. The van der Waals surface area contributed by atoms with Crippen molar-refractivity contribution in [2.75, 3.05) is 0 Å². The minimum atomic E-state index is -0.248. The van der Waals surface area contributed by atoms with Gasteiger partial charge in [-0.1, -0.05) is 12.1 Å². The lowest BCUT2D eigenvalue weighted by molar-refractivity contribution is 0.178. The van der Waals surface area contributed by atoms with Crippen molar-refractivity contribution in [3.63, 3.8) is 0 Å². The first kappa shape index (κ1) is 12.4. The van der Waals surface area contributed by atoms with E-state index in [0.717, 1.165) is 19.3 Å². The van der Waals surface area contributed by atoms with Gasteiger partial charge in [-0.15, -0.1) is 0 Å². The smallest absolute Gasteiger partial charge is 0.143 e. The van der Waals surface area contributed by atoms with E-state index in [0.29, 0.717) is 17.0 Å². The van der Waals surface area contributed by atoms with E-state index >= 15 is 0 Å². The van der Waals surface area contributed by atoms with Crippen molar-refractivity contribution in [1.29, 1.82) is 0 Å². The molecule has 3 nitrogen and oxygen atoms in total. The lowest BCUT2D eigenvalue weighted by Gasteiger charge is -2.15. The van der Waals surface area contributed by atoms with Crippen LogP contribution in [-0.2, 0) is 0 Å². The third kappa shape index (κ3) is 2.16. The van der Waals surface area contributed by atoms with E-state index in [2.05, 4.69) is 4.98 Å². The van der Waals surface area contributed by atoms with Crippen LogP contribution >= 0.6 is 0 Å². The number of aryl methyl sites for hydroxylation is 1. The summed E-state index contributed by atoms with van der Waals surface area (Å²) in [5.41, 5.74) is 1.16. The minimum absolute atomic E-state index is 0.214. The third-order valence-electron chi connectivity index (χ3n) is 3.87. The van der Waals surface area contributed by atoms with Crippen LogP contribution in [0.2, 0.25) is 0 Å². The van der Waals surface area contributed by atoms with Crippen LogP contribution in [0, 0.1) is 12.7 Å². The molecule has 1 N–H and O–H groups in total. The van der Waals surface area contributed by atoms with E-state index in [4.69, 9.17) is 0 Å². The molecule has 0 amide bonds. The average molecular weight is 260 g/mol. The van der Waals surface area contributed by atoms with Crippen LogP contribution in [0.25, 0.3) is 11.4 Å². The minimum Gasteiger partial charge on any atom is -0.393 e. The molecule has 0 radical (unpaired) electrons. The summed E-state index contributed by atoms with van der Waals surface area (Å²) in [7, 11) is 0. The fourth-order valence-electron chi connectivity index (χ4n) is 2.82. The summed E-state index contributed by atoms with van der Waals surface area (Å²) in [6.07, 6.45) is 5.76. The zero-order valence-corrected chi connectivity index (χ0v) is 10.9. The Morgan fingerprint density at radius 1 is 1.37 bits per heavy atom. The number of halogens is 1. The molecule has 0 aliphatic heterocycles. The number of aromatic nitrogens is 2. The Morgan fingerprint density at radius 3 is 2.95 bits per heavy atom. The number of nitrogens with zero attached hydrogens (tertiary/aromatic N) is 2. The Labute approximate surface area is 111 Å². The van der Waals surface area contributed by atoms with Crippen molar-refractivity contribution in [2.24, 2.45) is 0 Å². The molecule has 0 unspecified atom stereocenters. The van der Waals surface area contributed by atoms with Crippen LogP contribution in [0.1, 0.15) is 30.9 Å². The molecule has 1 aromatic carbocycles. The highest BCUT2D eigenvalue weighted by molar-refractivity contribution is 5.58. The summed E-state index contributed by atoms with van der Waals surface area (Å²) < 4.78 is 16.2. The van der Waals surface area contributed by atoms with E-state index in [9.17, 15) is 9.50 Å². The first-order valence-electron chi connectivity index (χ1n) is 6.63. The zero-order valence-electron chi connectivity index (χ0n) is 10.9. The van der Waals surface area contributed by atoms with Gasteiger partial charge < -0.3 is 9.67 Å². The van der Waals surface area contributed by atoms with Gasteiger partial charge in [0.25, 0.3) is 0 Å². The Bertz CT molecular complexity index is 594. The summed E-state index contributed by atoms with van der Waals surface area (Å²) in [5.74, 6) is 0.439. The van der Waals surface area contributed by atoms with E-state index in [-0.39, 0.29) is 18.0 Å². The standard InChI is InChI=1S/C15H17FN2O/c1-10-3-2-4-13(14(10)16)15-17-7-8-18(15)11-5-6-12(19)9-11/h2-4,7-8,11-12,19H,5-6,9H2,1H3/t11-,12+/m1/s1. The van der Waals surface area contributed by atoms with Gasteiger partial charge in [-0.05, 0) is 37.8 Å². The number of hydrogen-bond acceptors (Lipinski definition) is 2. The zero-order chi connectivity index (χ0) is 13.4. The van der Waals surface area contributed by atoms with Gasteiger partial charge in [-0.25, -0.2) is 9.37 Å². The lowest BCUT2D eigenvalue weighted by atomic mass is 10.1. The van der Waals surface area contributed by atoms with E-state index < -0.39 is 0 Å². The summed E-state index contributed by atoms with van der Waals surface area (Å²) in [5, 5.41) is 9.65. The quantitative estimate of drug-likeness (QED) is 0.901. The molecule has 100 valence electrons. The molecule has 1 aliphatic rings. The first-order valence-corrected chi connectivity index (χ1v) is 6.63. The van der Waals surface area contributed by atoms with Crippen molar-refractivity contribution in [1.82, 2.24) is 9.55 Å². The van der Waals surface area contributed by atoms with Gasteiger partial charge in [-0.2, -0.15) is 0 Å². The van der Waals surface area contributed by atoms with Crippen LogP contribution in [0.4, 0.5) is 4.39 Å². The predicted octanol–water partition coefficient (Wildman–Crippen LogP) is 3.08. The molecule has 19 heavy (non-hydrogen) atoms. The summed E-state index contributed by atoms with van der Waals surface area (Å²) in [6, 6.07) is 5.57. The highest BCUT2D eigenvalue weighted by Gasteiger charge is 2.26. The molecule has 3 rings (SSSR count). The molecule has 4 heteroatoms. The van der Waals surface area contributed by atoms with Crippen LogP contribution in [0.15, 0.2) is 30.6 Å². The molecule has 1 heterocycles. The second-order valence-electron chi connectivity index (χ2n) is 5.22. The predicted molar refractivity (Wildman–Crippen MR) is 71.3 cm³/mol. The highest BCUT2D eigenvalue weighted by atomic mass is 19.1. The number of benzene rings is 1. The van der Waals surface area contributed by atoms with Crippen LogP contribution in [0.5, 0.6) is 0 Å². The molecule has 1 saturated carbocycles. The molecule has 0 saturated heterocycles. The maximum atomic E-state index is 14.2. The van der Waals surface area contributed by atoms with Gasteiger partial charge in [0.05, 0.1) is 11.7 Å². The van der Waals surface area contributed by atoms with Gasteiger partial charge in [0, 0.05) is 18.4 Å². The summed E-state index contributed by atoms with van der Waals surface area (Å²) >= 11 is 0. The molecule has 0 spiro atoms. The molecule has 0 bridgehead atoms. The van der Waals surface area contributed by atoms with E-state index in [1.54, 1.807) is 25.3 Å². The normalized spacial score (nSPS) is 22.9. The fraction of sp³-hybridized carbons (Fsp3) is 0.400. The van der Waals surface area contributed by atoms with Gasteiger partial charge >= 0.3 is 0 Å². The number of rotatable bonds is 2. The van der Waals surface area contributed by atoms with Crippen molar-refractivity contribution in [3.05, 3.63) is 42.0 Å². The van der Waals surface area contributed by atoms with Gasteiger partial charge in [-0.3, -0.25) is 0 Å². The second-order valence-corrected chi connectivity index (χ2v) is 5.22. The van der Waals surface area contributed by atoms with E-state index in [1.807, 2.05) is 16.8 Å². The van der Waals surface area contributed by atoms with E-state index in [1.165, 1.54) is 0 Å². The Balaban J connectivity index is 2.02. The molecular weight excluding hydrogens is 243 g/mol. The van der Waals surface area contributed by atoms with Gasteiger partial charge in [0.15, 0.2) is 0 Å². The maximum absolute atomic E-state index is 14.2.